The van der Waals surface area contributed by atoms with Crippen LogP contribution in [0.1, 0.15) is 0 Å². The number of amidine groups is 1. The Morgan fingerprint density at radius 1 is 1.31 bits per heavy atom. The molecular formula is C14H12ClF3N2O4S2. The van der Waals surface area contributed by atoms with Gasteiger partial charge in [-0.25, -0.2) is 8.42 Å². The SMILES string of the molecule is O=C(CCl)N=C1S[C@@H]2CS(=O)(=O)C[C@H]2N1c1ccc(OC(F)(F)F)cc1. The van der Waals surface area contributed by atoms with Gasteiger partial charge in [-0.2, -0.15) is 4.99 Å². The van der Waals surface area contributed by atoms with E-state index in [4.69, 9.17) is 11.6 Å². The van der Waals surface area contributed by atoms with E-state index < -0.39 is 33.9 Å². The van der Waals surface area contributed by atoms with Crippen molar-refractivity contribution in [1.29, 1.82) is 0 Å². The first-order chi connectivity index (χ1) is 12.1. The number of halogens is 4. The third-order valence-electron chi connectivity index (χ3n) is 3.75. The van der Waals surface area contributed by atoms with Gasteiger partial charge in [-0.3, -0.25) is 4.79 Å². The molecule has 0 aliphatic carbocycles. The van der Waals surface area contributed by atoms with E-state index in [1.165, 1.54) is 12.1 Å². The number of hydrogen-bond acceptors (Lipinski definition) is 5. The molecule has 1 aromatic carbocycles. The van der Waals surface area contributed by atoms with Gasteiger partial charge in [-0.15, -0.1) is 24.8 Å². The quantitative estimate of drug-likeness (QED) is 0.688. The van der Waals surface area contributed by atoms with Gasteiger partial charge in [0.15, 0.2) is 15.0 Å². The van der Waals surface area contributed by atoms with Gasteiger partial charge in [-0.1, -0.05) is 11.8 Å². The van der Waals surface area contributed by atoms with E-state index in [9.17, 15) is 26.4 Å². The minimum atomic E-state index is -4.81. The number of alkyl halides is 4. The van der Waals surface area contributed by atoms with Crippen LogP contribution < -0.4 is 9.64 Å². The fraction of sp³-hybridized carbons (Fsp3) is 0.429. The first kappa shape index (κ1) is 19.3. The summed E-state index contributed by atoms with van der Waals surface area (Å²) < 4.78 is 64.5. The number of rotatable bonds is 3. The van der Waals surface area contributed by atoms with Crippen molar-refractivity contribution < 1.29 is 31.1 Å². The monoisotopic (exact) mass is 428 g/mol. The summed E-state index contributed by atoms with van der Waals surface area (Å²) in [5, 5.41) is -0.0296. The lowest BCUT2D eigenvalue weighted by molar-refractivity contribution is -0.274. The van der Waals surface area contributed by atoms with Crippen LogP contribution in [0.4, 0.5) is 18.9 Å². The number of fused-ring (bicyclic) bond motifs is 1. The van der Waals surface area contributed by atoms with Gasteiger partial charge >= 0.3 is 6.36 Å². The van der Waals surface area contributed by atoms with Crippen LogP contribution in [0.3, 0.4) is 0 Å². The number of benzene rings is 1. The first-order valence-corrected chi connectivity index (χ1v) is 10.5. The maximum atomic E-state index is 12.3. The number of carbonyl (C=O) groups excluding carboxylic acids is 1. The molecule has 2 saturated heterocycles. The smallest absolute Gasteiger partial charge is 0.406 e. The summed E-state index contributed by atoms with van der Waals surface area (Å²) in [5.74, 6) is -1.50. The lowest BCUT2D eigenvalue weighted by atomic mass is 10.2. The summed E-state index contributed by atoms with van der Waals surface area (Å²) in [5.41, 5.74) is 0.415. The van der Waals surface area contributed by atoms with Crippen molar-refractivity contribution in [3.05, 3.63) is 24.3 Å². The predicted octanol–water partition coefficient (Wildman–Crippen LogP) is 2.43. The van der Waals surface area contributed by atoms with Crippen molar-refractivity contribution in [2.75, 3.05) is 22.3 Å². The van der Waals surface area contributed by atoms with Gasteiger partial charge < -0.3 is 9.64 Å². The van der Waals surface area contributed by atoms with Gasteiger partial charge in [0.05, 0.1) is 17.5 Å². The second kappa shape index (κ2) is 6.93. The molecule has 1 aromatic rings. The lowest BCUT2D eigenvalue weighted by Gasteiger charge is -2.24. The predicted molar refractivity (Wildman–Crippen MR) is 92.6 cm³/mol. The third-order valence-corrected chi connectivity index (χ3v) is 7.19. The highest BCUT2D eigenvalue weighted by Gasteiger charge is 2.49. The minimum absolute atomic E-state index is 0.0534. The Hall–Kier alpha value is -1.46. The van der Waals surface area contributed by atoms with Crippen LogP contribution in [0.5, 0.6) is 5.75 Å². The second-order valence-electron chi connectivity index (χ2n) is 5.63. The summed E-state index contributed by atoms with van der Waals surface area (Å²) in [7, 11) is -3.24. The lowest BCUT2D eigenvalue weighted by Crippen LogP contribution is -2.37. The first-order valence-electron chi connectivity index (χ1n) is 7.27. The number of hydrogen-bond donors (Lipinski definition) is 0. The number of sulfone groups is 1. The van der Waals surface area contributed by atoms with Crippen LogP contribution in [0.25, 0.3) is 0 Å². The molecule has 0 radical (unpaired) electrons. The Balaban J connectivity index is 1.92. The number of aliphatic imine (C=N–C) groups is 1. The topological polar surface area (TPSA) is 76.0 Å². The summed E-state index contributed by atoms with van der Waals surface area (Å²) in [6.07, 6.45) is -4.81. The summed E-state index contributed by atoms with van der Waals surface area (Å²) >= 11 is 6.62. The van der Waals surface area contributed by atoms with E-state index in [1.54, 1.807) is 4.90 Å². The molecule has 142 valence electrons. The van der Waals surface area contributed by atoms with Crippen molar-refractivity contribution in [2.45, 2.75) is 17.7 Å². The van der Waals surface area contributed by atoms with Crippen LogP contribution in [0.15, 0.2) is 29.3 Å². The fourth-order valence-corrected chi connectivity index (χ4v) is 6.80. The van der Waals surface area contributed by atoms with Crippen LogP contribution in [-0.2, 0) is 14.6 Å². The van der Waals surface area contributed by atoms with Gasteiger partial charge in [-0.05, 0) is 24.3 Å². The molecule has 6 nitrogen and oxygen atoms in total. The highest BCUT2D eigenvalue weighted by Crippen LogP contribution is 2.41. The zero-order valence-corrected chi connectivity index (χ0v) is 15.3. The number of thioether (sulfide) groups is 1. The molecule has 2 heterocycles. The molecule has 3 rings (SSSR count). The van der Waals surface area contributed by atoms with E-state index in [-0.39, 0.29) is 27.8 Å². The Bertz CT molecular complexity index is 843. The molecule has 2 aliphatic rings. The molecule has 0 N–H and O–H groups in total. The normalized spacial score (nSPS) is 26.2. The molecule has 2 fully saturated rings. The molecule has 26 heavy (non-hydrogen) atoms. The third kappa shape index (κ3) is 4.26. The van der Waals surface area contributed by atoms with Crippen molar-refractivity contribution in [2.24, 2.45) is 4.99 Å². The molecule has 0 aromatic heterocycles. The van der Waals surface area contributed by atoms with Gasteiger partial charge in [0.1, 0.15) is 11.6 Å². The number of amides is 1. The fourth-order valence-electron chi connectivity index (χ4n) is 2.81. The molecule has 2 atom stereocenters. The van der Waals surface area contributed by atoms with Crippen molar-refractivity contribution in [1.82, 2.24) is 0 Å². The Morgan fingerprint density at radius 2 is 1.96 bits per heavy atom. The Morgan fingerprint density at radius 3 is 2.54 bits per heavy atom. The largest absolute Gasteiger partial charge is 0.573 e. The van der Waals surface area contributed by atoms with Crippen molar-refractivity contribution in [3.63, 3.8) is 0 Å². The Labute approximate surface area is 156 Å². The molecule has 1 amide bonds. The number of ether oxygens (including phenoxy) is 1. The molecule has 0 bridgehead atoms. The molecule has 0 spiro atoms. The zero-order valence-electron chi connectivity index (χ0n) is 12.9. The number of nitrogens with zero attached hydrogens (tertiary/aromatic N) is 2. The maximum absolute atomic E-state index is 12.3. The van der Waals surface area contributed by atoms with E-state index in [2.05, 4.69) is 9.73 Å². The van der Waals surface area contributed by atoms with Gasteiger partial charge in [0.2, 0.25) is 0 Å². The minimum Gasteiger partial charge on any atom is -0.406 e. The van der Waals surface area contributed by atoms with Crippen molar-refractivity contribution >= 4 is 50.0 Å². The van der Waals surface area contributed by atoms with Crippen LogP contribution >= 0.6 is 23.4 Å². The average Bonchev–Trinajstić information content (AvgIpc) is 2.97. The summed E-state index contributed by atoms with van der Waals surface area (Å²) in [6, 6.07) is 4.49. The zero-order chi connectivity index (χ0) is 19.1. The van der Waals surface area contributed by atoms with E-state index in [1.807, 2.05) is 0 Å². The summed E-state index contributed by atoms with van der Waals surface area (Å²) in [4.78, 5) is 17.0. The maximum Gasteiger partial charge on any atom is 0.573 e. The van der Waals surface area contributed by atoms with Gasteiger partial charge in [0.25, 0.3) is 5.91 Å². The summed E-state index contributed by atoms with van der Waals surface area (Å²) in [6.45, 7) is 0. The number of carbonyl (C=O) groups is 1. The van der Waals surface area contributed by atoms with E-state index in [0.717, 1.165) is 23.9 Å². The standard InChI is InChI=1S/C14H12ClF3N2O4S2/c15-5-12(21)19-13-20(10-6-26(22,23)7-11(10)25-13)8-1-3-9(4-2-8)24-14(16,17)18/h1-4,10-11H,5-7H2/t10-,11-/m1/s1. The average molecular weight is 429 g/mol. The van der Waals surface area contributed by atoms with Crippen LogP contribution in [-0.4, -0.2) is 54.5 Å². The van der Waals surface area contributed by atoms with Crippen molar-refractivity contribution in [3.8, 4) is 5.75 Å². The molecule has 0 saturated carbocycles. The van der Waals surface area contributed by atoms with E-state index in [0.29, 0.717) is 5.69 Å². The second-order valence-corrected chi connectivity index (χ2v) is 9.26. The molecular weight excluding hydrogens is 417 g/mol. The molecule has 2 aliphatic heterocycles. The highest BCUT2D eigenvalue weighted by atomic mass is 35.5. The Kier molecular flexibility index (Phi) is 5.15. The molecule has 0 unspecified atom stereocenters. The van der Waals surface area contributed by atoms with E-state index >= 15 is 0 Å². The van der Waals surface area contributed by atoms with Crippen LogP contribution in [0.2, 0.25) is 0 Å². The molecule has 12 heteroatoms. The van der Waals surface area contributed by atoms with Gasteiger partial charge in [0, 0.05) is 10.9 Å². The highest BCUT2D eigenvalue weighted by molar-refractivity contribution is 8.16. The number of anilines is 1. The van der Waals surface area contributed by atoms with Crippen LogP contribution in [0, 0.1) is 0 Å².